The van der Waals surface area contributed by atoms with Gasteiger partial charge in [0.25, 0.3) is 0 Å². The monoisotopic (exact) mass is 421 g/mol. The zero-order valence-corrected chi connectivity index (χ0v) is 16.1. The number of methoxy groups -OCH3 is 1. The van der Waals surface area contributed by atoms with Gasteiger partial charge in [0.15, 0.2) is 0 Å². The summed E-state index contributed by atoms with van der Waals surface area (Å²) < 4.78 is 32.1. The van der Waals surface area contributed by atoms with Crippen molar-refractivity contribution in [1.82, 2.24) is 4.72 Å². The number of carbonyl (C=O) groups is 1. The van der Waals surface area contributed by atoms with Gasteiger partial charge in [0, 0.05) is 15.1 Å². The molecule has 0 amide bonds. The normalized spacial score (nSPS) is 12.6. The standard InChI is InChI=1S/C16H14Cl3NO4S/c1-24-16(21)15(6-10-2-4-11(17)5-3-10)20-25(22,23)14-8-12(18)7-13(19)9-14/h2-5,7-9,15,20H,6H2,1H3. The van der Waals surface area contributed by atoms with Crippen LogP contribution >= 0.6 is 34.8 Å². The second-order valence-electron chi connectivity index (χ2n) is 5.13. The third-order valence-corrected chi connectivity index (χ3v) is 5.42. The van der Waals surface area contributed by atoms with Gasteiger partial charge in [-0.1, -0.05) is 46.9 Å². The molecule has 2 aromatic rings. The average Bonchev–Trinajstić information content (AvgIpc) is 2.54. The quantitative estimate of drug-likeness (QED) is 0.720. The number of hydrogen-bond acceptors (Lipinski definition) is 4. The molecule has 0 spiro atoms. The highest BCUT2D eigenvalue weighted by Gasteiger charge is 2.27. The van der Waals surface area contributed by atoms with Crippen LogP contribution in [0.1, 0.15) is 5.56 Å². The Morgan fingerprint density at radius 1 is 1.04 bits per heavy atom. The molecule has 0 fully saturated rings. The molecule has 0 aliphatic heterocycles. The lowest BCUT2D eigenvalue weighted by atomic mass is 10.1. The van der Waals surface area contributed by atoms with E-state index in [1.165, 1.54) is 25.3 Å². The molecule has 2 aromatic carbocycles. The Morgan fingerprint density at radius 3 is 2.12 bits per heavy atom. The molecule has 0 aromatic heterocycles. The molecule has 0 radical (unpaired) electrons. The first-order chi connectivity index (χ1) is 11.7. The van der Waals surface area contributed by atoms with Gasteiger partial charge in [0.1, 0.15) is 6.04 Å². The Labute approximate surface area is 160 Å². The van der Waals surface area contributed by atoms with Crippen molar-refractivity contribution in [3.05, 3.63) is 63.1 Å². The van der Waals surface area contributed by atoms with Crippen molar-refractivity contribution in [2.75, 3.05) is 7.11 Å². The summed E-state index contributed by atoms with van der Waals surface area (Å²) in [7, 11) is -2.85. The van der Waals surface area contributed by atoms with E-state index < -0.39 is 22.0 Å². The van der Waals surface area contributed by atoms with Gasteiger partial charge < -0.3 is 4.74 Å². The van der Waals surface area contributed by atoms with Crippen LogP contribution in [-0.2, 0) is 26.0 Å². The van der Waals surface area contributed by atoms with Crippen LogP contribution in [-0.4, -0.2) is 27.5 Å². The number of hydrogen-bond donors (Lipinski definition) is 1. The highest BCUT2D eigenvalue weighted by Crippen LogP contribution is 2.23. The highest BCUT2D eigenvalue weighted by atomic mass is 35.5. The Bertz CT molecular complexity index is 849. The van der Waals surface area contributed by atoms with Crippen molar-refractivity contribution < 1.29 is 17.9 Å². The molecule has 0 bridgehead atoms. The lowest BCUT2D eigenvalue weighted by Crippen LogP contribution is -2.43. The average molecular weight is 423 g/mol. The number of carbonyl (C=O) groups excluding carboxylic acids is 1. The molecule has 1 N–H and O–H groups in total. The van der Waals surface area contributed by atoms with Crippen LogP contribution in [0.3, 0.4) is 0 Å². The molecule has 0 heterocycles. The van der Waals surface area contributed by atoms with E-state index in [0.717, 1.165) is 0 Å². The molecular formula is C16H14Cl3NO4S. The van der Waals surface area contributed by atoms with E-state index in [4.69, 9.17) is 39.5 Å². The van der Waals surface area contributed by atoms with E-state index >= 15 is 0 Å². The van der Waals surface area contributed by atoms with Gasteiger partial charge in [0.05, 0.1) is 12.0 Å². The van der Waals surface area contributed by atoms with Crippen LogP contribution < -0.4 is 4.72 Å². The van der Waals surface area contributed by atoms with Crippen LogP contribution in [0.2, 0.25) is 15.1 Å². The second kappa shape index (κ2) is 8.38. The first-order valence-corrected chi connectivity index (χ1v) is 9.63. The summed E-state index contributed by atoms with van der Waals surface area (Å²) in [5.41, 5.74) is 0.714. The molecule has 2 rings (SSSR count). The molecular weight excluding hydrogens is 409 g/mol. The largest absolute Gasteiger partial charge is 0.468 e. The Kier molecular flexibility index (Phi) is 6.71. The molecule has 0 saturated carbocycles. The number of halogens is 3. The Morgan fingerprint density at radius 2 is 1.60 bits per heavy atom. The van der Waals surface area contributed by atoms with Gasteiger partial charge in [-0.25, -0.2) is 8.42 Å². The molecule has 134 valence electrons. The van der Waals surface area contributed by atoms with Crippen LogP contribution in [0.15, 0.2) is 47.4 Å². The first-order valence-electron chi connectivity index (χ1n) is 7.02. The number of rotatable bonds is 6. The van der Waals surface area contributed by atoms with Gasteiger partial charge in [0.2, 0.25) is 10.0 Å². The minimum absolute atomic E-state index is 0.0946. The smallest absolute Gasteiger partial charge is 0.324 e. The maximum absolute atomic E-state index is 12.6. The lowest BCUT2D eigenvalue weighted by Gasteiger charge is -2.17. The molecule has 1 unspecified atom stereocenters. The fourth-order valence-corrected chi connectivity index (χ4v) is 4.15. The molecule has 0 aliphatic rings. The second-order valence-corrected chi connectivity index (χ2v) is 8.16. The summed E-state index contributed by atoms with van der Waals surface area (Å²) in [5.74, 6) is -0.716. The summed E-state index contributed by atoms with van der Waals surface area (Å²) in [4.78, 5) is 11.9. The van der Waals surface area contributed by atoms with Crippen molar-refractivity contribution in [1.29, 1.82) is 0 Å². The van der Waals surface area contributed by atoms with Crippen molar-refractivity contribution >= 4 is 50.8 Å². The van der Waals surface area contributed by atoms with Gasteiger partial charge in [-0.15, -0.1) is 0 Å². The van der Waals surface area contributed by atoms with Crippen LogP contribution in [0.25, 0.3) is 0 Å². The van der Waals surface area contributed by atoms with Gasteiger partial charge in [-0.05, 0) is 42.3 Å². The summed E-state index contributed by atoms with van der Waals surface area (Å²) in [6.07, 6.45) is 0.0946. The molecule has 0 aliphatic carbocycles. The number of benzene rings is 2. The van der Waals surface area contributed by atoms with Crippen LogP contribution in [0, 0.1) is 0 Å². The predicted octanol–water partition coefficient (Wildman–Crippen LogP) is 3.71. The lowest BCUT2D eigenvalue weighted by molar-refractivity contribution is -0.142. The number of nitrogens with one attached hydrogen (secondary N) is 1. The summed E-state index contributed by atoms with van der Waals surface area (Å²) in [6, 6.07) is 9.47. The third kappa shape index (κ3) is 5.59. The number of sulfonamides is 1. The molecule has 25 heavy (non-hydrogen) atoms. The highest BCUT2D eigenvalue weighted by molar-refractivity contribution is 7.89. The maximum atomic E-state index is 12.6. The Hall–Kier alpha value is -1.31. The molecule has 9 heteroatoms. The van der Waals surface area contributed by atoms with E-state index in [1.54, 1.807) is 24.3 Å². The van der Waals surface area contributed by atoms with Gasteiger partial charge in [-0.3, -0.25) is 4.79 Å². The van der Waals surface area contributed by atoms with Crippen molar-refractivity contribution in [2.45, 2.75) is 17.4 Å². The van der Waals surface area contributed by atoms with Crippen molar-refractivity contribution in [3.8, 4) is 0 Å². The topological polar surface area (TPSA) is 72.5 Å². The van der Waals surface area contributed by atoms with E-state index in [9.17, 15) is 13.2 Å². The molecule has 0 saturated heterocycles. The van der Waals surface area contributed by atoms with Crippen LogP contribution in [0.5, 0.6) is 0 Å². The van der Waals surface area contributed by atoms with E-state index in [2.05, 4.69) is 4.72 Å². The fourth-order valence-electron chi connectivity index (χ4n) is 2.11. The van der Waals surface area contributed by atoms with Crippen molar-refractivity contribution in [2.24, 2.45) is 0 Å². The zero-order valence-electron chi connectivity index (χ0n) is 13.0. The van der Waals surface area contributed by atoms with Gasteiger partial charge >= 0.3 is 5.97 Å². The summed E-state index contributed by atoms with van der Waals surface area (Å²) in [5, 5.41) is 0.868. The number of esters is 1. The SMILES string of the molecule is COC(=O)C(Cc1ccc(Cl)cc1)NS(=O)(=O)c1cc(Cl)cc(Cl)c1. The zero-order chi connectivity index (χ0) is 18.6. The van der Waals surface area contributed by atoms with E-state index in [-0.39, 0.29) is 21.4 Å². The van der Waals surface area contributed by atoms with Gasteiger partial charge in [-0.2, -0.15) is 4.72 Å². The summed E-state index contributed by atoms with van der Waals surface area (Å²) >= 11 is 17.5. The van der Waals surface area contributed by atoms with Crippen molar-refractivity contribution in [3.63, 3.8) is 0 Å². The predicted molar refractivity (Wildman–Crippen MR) is 97.7 cm³/mol. The Balaban J connectivity index is 2.29. The first kappa shape index (κ1) is 20.0. The third-order valence-electron chi connectivity index (χ3n) is 3.28. The number of ether oxygens (including phenoxy) is 1. The molecule has 5 nitrogen and oxygen atoms in total. The van der Waals surface area contributed by atoms with E-state index in [0.29, 0.717) is 10.6 Å². The van der Waals surface area contributed by atoms with E-state index in [1.807, 2.05) is 0 Å². The van der Waals surface area contributed by atoms with Crippen LogP contribution in [0.4, 0.5) is 0 Å². The summed E-state index contributed by atoms with van der Waals surface area (Å²) in [6.45, 7) is 0. The minimum atomic E-state index is -4.03. The maximum Gasteiger partial charge on any atom is 0.324 e. The fraction of sp³-hybridized carbons (Fsp3) is 0.188. The minimum Gasteiger partial charge on any atom is -0.468 e. The molecule has 1 atom stereocenters.